The molecule has 0 aromatic heterocycles. The number of ether oxygens (including phenoxy) is 3. The van der Waals surface area contributed by atoms with Gasteiger partial charge in [0, 0.05) is 26.1 Å². The Morgan fingerprint density at radius 1 is 1.00 bits per heavy atom. The van der Waals surface area contributed by atoms with Crippen molar-refractivity contribution >= 4 is 0 Å². The molecule has 0 aromatic carbocycles. The molecule has 0 N–H and O–H groups in total. The lowest BCUT2D eigenvalue weighted by atomic mass is 9.73. The molecule has 18 heavy (non-hydrogen) atoms. The minimum absolute atomic E-state index is 0.136. The van der Waals surface area contributed by atoms with Crippen LogP contribution in [0.4, 0.5) is 0 Å². The zero-order chi connectivity index (χ0) is 13.8. The van der Waals surface area contributed by atoms with Crippen LogP contribution in [0.1, 0.15) is 54.4 Å². The van der Waals surface area contributed by atoms with Crippen molar-refractivity contribution in [1.82, 2.24) is 0 Å². The summed E-state index contributed by atoms with van der Waals surface area (Å²) in [5.41, 5.74) is -0.136. The monoisotopic (exact) mass is 258 g/mol. The second-order valence-electron chi connectivity index (χ2n) is 5.82. The lowest BCUT2D eigenvalue weighted by Crippen LogP contribution is -2.56. The molecule has 1 saturated heterocycles. The summed E-state index contributed by atoms with van der Waals surface area (Å²) in [6.07, 6.45) is 1.66. The molecule has 1 aliphatic heterocycles. The van der Waals surface area contributed by atoms with Gasteiger partial charge in [-0.05, 0) is 25.7 Å². The first-order chi connectivity index (χ1) is 8.42. The summed E-state index contributed by atoms with van der Waals surface area (Å²) in [5, 5.41) is 0. The van der Waals surface area contributed by atoms with Crippen LogP contribution in [0.3, 0.4) is 0 Å². The van der Waals surface area contributed by atoms with E-state index in [1.54, 1.807) is 0 Å². The van der Waals surface area contributed by atoms with E-state index in [-0.39, 0.29) is 5.60 Å². The SMILES string of the molecule is CCOC1(OCC)CCOC(C(C)C)(C(C)C)C1. The molecule has 0 unspecified atom stereocenters. The van der Waals surface area contributed by atoms with Crippen LogP contribution in [-0.2, 0) is 14.2 Å². The van der Waals surface area contributed by atoms with E-state index in [2.05, 4.69) is 27.7 Å². The fourth-order valence-electron chi connectivity index (χ4n) is 3.18. The van der Waals surface area contributed by atoms with Crippen molar-refractivity contribution in [3.8, 4) is 0 Å². The van der Waals surface area contributed by atoms with Gasteiger partial charge in [0.2, 0.25) is 0 Å². The Kier molecular flexibility index (Phi) is 5.63. The van der Waals surface area contributed by atoms with E-state index >= 15 is 0 Å². The van der Waals surface area contributed by atoms with Crippen LogP contribution in [0.5, 0.6) is 0 Å². The van der Waals surface area contributed by atoms with Gasteiger partial charge in [0.1, 0.15) is 0 Å². The molecule has 1 aliphatic rings. The highest BCUT2D eigenvalue weighted by Crippen LogP contribution is 2.44. The Labute approximate surface area is 112 Å². The number of hydrogen-bond donors (Lipinski definition) is 0. The Balaban J connectivity index is 2.96. The molecule has 3 heteroatoms. The van der Waals surface area contributed by atoms with Crippen molar-refractivity contribution in [2.24, 2.45) is 11.8 Å². The lowest BCUT2D eigenvalue weighted by Gasteiger charge is -2.51. The van der Waals surface area contributed by atoms with Crippen molar-refractivity contribution < 1.29 is 14.2 Å². The zero-order valence-corrected chi connectivity index (χ0v) is 12.9. The van der Waals surface area contributed by atoms with E-state index < -0.39 is 5.79 Å². The molecule has 1 rings (SSSR count). The Hall–Kier alpha value is -0.120. The minimum Gasteiger partial charge on any atom is -0.374 e. The maximum absolute atomic E-state index is 6.18. The van der Waals surface area contributed by atoms with E-state index in [4.69, 9.17) is 14.2 Å². The third-order valence-corrected chi connectivity index (χ3v) is 4.17. The number of hydrogen-bond acceptors (Lipinski definition) is 3. The third-order valence-electron chi connectivity index (χ3n) is 4.17. The molecule has 0 atom stereocenters. The van der Waals surface area contributed by atoms with Crippen molar-refractivity contribution in [3.05, 3.63) is 0 Å². The van der Waals surface area contributed by atoms with Crippen LogP contribution < -0.4 is 0 Å². The first kappa shape index (κ1) is 15.9. The van der Waals surface area contributed by atoms with Gasteiger partial charge in [-0.15, -0.1) is 0 Å². The second-order valence-corrected chi connectivity index (χ2v) is 5.82. The molecule has 0 bridgehead atoms. The largest absolute Gasteiger partial charge is 0.374 e. The van der Waals surface area contributed by atoms with Gasteiger partial charge in [-0.3, -0.25) is 0 Å². The van der Waals surface area contributed by atoms with Gasteiger partial charge in [0.05, 0.1) is 12.2 Å². The maximum atomic E-state index is 6.18. The summed E-state index contributed by atoms with van der Waals surface area (Å²) >= 11 is 0. The summed E-state index contributed by atoms with van der Waals surface area (Å²) in [5.74, 6) is 0.465. The van der Waals surface area contributed by atoms with Gasteiger partial charge in [-0.1, -0.05) is 27.7 Å². The van der Waals surface area contributed by atoms with Crippen molar-refractivity contribution in [1.29, 1.82) is 0 Å². The topological polar surface area (TPSA) is 27.7 Å². The van der Waals surface area contributed by atoms with Crippen LogP contribution in [0, 0.1) is 11.8 Å². The average molecular weight is 258 g/mol. The van der Waals surface area contributed by atoms with Crippen LogP contribution in [0.2, 0.25) is 0 Å². The molecule has 108 valence electrons. The fraction of sp³-hybridized carbons (Fsp3) is 1.00. The molecule has 0 aromatic rings. The average Bonchev–Trinajstić information content (AvgIpc) is 2.29. The molecule has 1 fully saturated rings. The molecule has 0 aliphatic carbocycles. The maximum Gasteiger partial charge on any atom is 0.173 e. The zero-order valence-electron chi connectivity index (χ0n) is 12.9. The second kappa shape index (κ2) is 6.36. The number of rotatable bonds is 6. The van der Waals surface area contributed by atoms with E-state index in [0.717, 1.165) is 19.4 Å². The molecule has 0 radical (unpaired) electrons. The minimum atomic E-state index is -0.448. The van der Waals surface area contributed by atoms with Gasteiger partial charge in [-0.2, -0.15) is 0 Å². The summed E-state index contributed by atoms with van der Waals surface area (Å²) in [6.45, 7) is 15.1. The Bertz CT molecular complexity index is 229. The van der Waals surface area contributed by atoms with E-state index in [1.165, 1.54) is 0 Å². The van der Waals surface area contributed by atoms with Crippen LogP contribution in [0.25, 0.3) is 0 Å². The van der Waals surface area contributed by atoms with Gasteiger partial charge in [0.25, 0.3) is 0 Å². The highest BCUT2D eigenvalue weighted by Gasteiger charge is 2.50. The normalized spacial score (nSPS) is 22.7. The van der Waals surface area contributed by atoms with Gasteiger partial charge in [-0.25, -0.2) is 0 Å². The fourth-order valence-corrected chi connectivity index (χ4v) is 3.18. The van der Waals surface area contributed by atoms with E-state index in [0.29, 0.717) is 25.0 Å². The van der Waals surface area contributed by atoms with Crippen LogP contribution >= 0.6 is 0 Å². The molecular formula is C15H30O3. The summed E-state index contributed by atoms with van der Waals surface area (Å²) in [6, 6.07) is 0. The van der Waals surface area contributed by atoms with Crippen molar-refractivity contribution in [2.45, 2.75) is 65.8 Å². The van der Waals surface area contributed by atoms with Crippen LogP contribution in [0.15, 0.2) is 0 Å². The Morgan fingerprint density at radius 2 is 1.50 bits per heavy atom. The standard InChI is InChI=1S/C15H30O3/c1-7-16-14(17-8-2)9-10-18-15(11-14,12(3)4)13(5)6/h12-13H,7-11H2,1-6H3. The molecular weight excluding hydrogens is 228 g/mol. The highest BCUT2D eigenvalue weighted by atomic mass is 16.7. The van der Waals surface area contributed by atoms with E-state index in [1.807, 2.05) is 13.8 Å². The molecule has 1 heterocycles. The summed E-state index contributed by atoms with van der Waals surface area (Å²) in [4.78, 5) is 0. The first-order valence-electron chi connectivity index (χ1n) is 7.34. The predicted molar refractivity (Wildman–Crippen MR) is 73.6 cm³/mol. The van der Waals surface area contributed by atoms with Gasteiger partial charge < -0.3 is 14.2 Å². The quantitative estimate of drug-likeness (QED) is 0.681. The molecule has 0 spiro atoms. The predicted octanol–water partition coefficient (Wildman–Crippen LogP) is 3.62. The lowest BCUT2D eigenvalue weighted by molar-refractivity contribution is -0.309. The van der Waals surface area contributed by atoms with E-state index in [9.17, 15) is 0 Å². The van der Waals surface area contributed by atoms with Crippen molar-refractivity contribution in [3.63, 3.8) is 0 Å². The summed E-state index contributed by atoms with van der Waals surface area (Å²) < 4.78 is 18.1. The summed E-state index contributed by atoms with van der Waals surface area (Å²) in [7, 11) is 0. The first-order valence-corrected chi connectivity index (χ1v) is 7.34. The molecule has 0 amide bonds. The van der Waals surface area contributed by atoms with Crippen LogP contribution in [-0.4, -0.2) is 31.2 Å². The van der Waals surface area contributed by atoms with Gasteiger partial charge >= 0.3 is 0 Å². The van der Waals surface area contributed by atoms with Gasteiger partial charge in [0.15, 0.2) is 5.79 Å². The third kappa shape index (κ3) is 3.06. The highest BCUT2D eigenvalue weighted by molar-refractivity contribution is 4.96. The molecule has 3 nitrogen and oxygen atoms in total. The van der Waals surface area contributed by atoms with Crippen molar-refractivity contribution in [2.75, 3.05) is 19.8 Å². The molecule has 0 saturated carbocycles. The Morgan fingerprint density at radius 3 is 1.89 bits per heavy atom. The smallest absolute Gasteiger partial charge is 0.173 e.